The topological polar surface area (TPSA) is 25.2 Å². The molecule has 1 aromatic heterocycles. The highest BCUT2D eigenvalue weighted by Crippen LogP contribution is 2.27. The number of fused-ring (bicyclic) bond motifs is 1. The van der Waals surface area contributed by atoms with Crippen LogP contribution in [-0.4, -0.2) is 15.3 Å². The molecule has 3 heteroatoms. The zero-order valence-corrected chi connectivity index (χ0v) is 11.3. The van der Waals surface area contributed by atoms with E-state index in [1.54, 1.807) is 0 Å². The molecule has 0 amide bonds. The second kappa shape index (κ2) is 4.35. The molecule has 17 heavy (non-hydrogen) atoms. The molecule has 92 valence electrons. The molecule has 0 atom stereocenters. The Balaban J connectivity index is 2.57. The summed E-state index contributed by atoms with van der Waals surface area (Å²) in [5, 5.41) is 11.9. The molecule has 0 unspecified atom stereocenters. The van der Waals surface area contributed by atoms with Crippen molar-refractivity contribution < 1.29 is 5.11 Å². The highest BCUT2D eigenvalue weighted by atomic mass is 35.5. The van der Waals surface area contributed by atoms with Crippen LogP contribution in [0, 0.1) is 0 Å². The summed E-state index contributed by atoms with van der Waals surface area (Å²) in [4.78, 5) is 0. The van der Waals surface area contributed by atoms with Crippen molar-refractivity contribution in [1.29, 1.82) is 0 Å². The molecule has 1 heterocycles. The fourth-order valence-electron chi connectivity index (χ4n) is 2.21. The highest BCUT2D eigenvalue weighted by Gasteiger charge is 2.17. The van der Waals surface area contributed by atoms with E-state index in [1.807, 2.05) is 32.0 Å². The van der Waals surface area contributed by atoms with Crippen molar-refractivity contribution in [3.63, 3.8) is 0 Å². The molecule has 2 nitrogen and oxygen atoms in total. The van der Waals surface area contributed by atoms with Crippen molar-refractivity contribution in [2.24, 2.45) is 0 Å². The maximum Gasteiger partial charge on any atom is 0.0632 e. The number of aryl methyl sites for hydroxylation is 1. The van der Waals surface area contributed by atoms with Gasteiger partial charge in [0.2, 0.25) is 0 Å². The maximum atomic E-state index is 9.93. The monoisotopic (exact) mass is 251 g/mol. The summed E-state index contributed by atoms with van der Waals surface area (Å²) < 4.78 is 2.17. The van der Waals surface area contributed by atoms with Crippen LogP contribution in [-0.2, 0) is 13.0 Å². The van der Waals surface area contributed by atoms with Gasteiger partial charge in [0.25, 0.3) is 0 Å². The Kier molecular flexibility index (Phi) is 3.19. The number of halogens is 1. The van der Waals surface area contributed by atoms with E-state index >= 15 is 0 Å². The van der Waals surface area contributed by atoms with Crippen LogP contribution in [0.3, 0.4) is 0 Å². The summed E-state index contributed by atoms with van der Waals surface area (Å²) in [5.41, 5.74) is 1.62. The van der Waals surface area contributed by atoms with Crippen LogP contribution in [0.4, 0.5) is 0 Å². The first kappa shape index (κ1) is 12.5. The molecule has 2 rings (SSSR count). The van der Waals surface area contributed by atoms with Gasteiger partial charge in [-0.15, -0.1) is 0 Å². The quantitative estimate of drug-likeness (QED) is 0.886. The van der Waals surface area contributed by atoms with Gasteiger partial charge in [-0.2, -0.15) is 0 Å². The Morgan fingerprint density at radius 1 is 1.35 bits per heavy atom. The predicted octanol–water partition coefficient (Wildman–Crippen LogP) is 3.63. The van der Waals surface area contributed by atoms with Gasteiger partial charge in [0.15, 0.2) is 0 Å². The molecular formula is C14H18ClNO. The minimum atomic E-state index is -0.688. The standard InChI is InChI=1S/C14H18ClNO/c1-4-16-9-10(8-14(2,3)17)12-6-5-11(15)7-13(12)16/h5-7,9,17H,4,8H2,1-3H3. The van der Waals surface area contributed by atoms with Crippen LogP contribution in [0.2, 0.25) is 5.02 Å². The second-order valence-electron chi connectivity index (χ2n) is 5.09. The smallest absolute Gasteiger partial charge is 0.0632 e. The lowest BCUT2D eigenvalue weighted by atomic mass is 9.98. The molecule has 0 aliphatic rings. The van der Waals surface area contributed by atoms with Gasteiger partial charge in [0.05, 0.1) is 5.60 Å². The van der Waals surface area contributed by atoms with E-state index in [-0.39, 0.29) is 0 Å². The minimum absolute atomic E-state index is 0.651. The minimum Gasteiger partial charge on any atom is -0.390 e. The summed E-state index contributed by atoms with van der Waals surface area (Å²) in [6.07, 6.45) is 2.76. The number of rotatable bonds is 3. The summed E-state index contributed by atoms with van der Waals surface area (Å²) in [5.74, 6) is 0. The first-order chi connectivity index (χ1) is 7.90. The third-order valence-electron chi connectivity index (χ3n) is 2.89. The molecule has 0 aliphatic carbocycles. The van der Waals surface area contributed by atoms with Crippen LogP contribution in [0.25, 0.3) is 10.9 Å². The number of aliphatic hydroxyl groups is 1. The number of benzene rings is 1. The number of nitrogens with zero attached hydrogens (tertiary/aromatic N) is 1. The zero-order valence-electron chi connectivity index (χ0n) is 10.5. The second-order valence-corrected chi connectivity index (χ2v) is 5.53. The van der Waals surface area contributed by atoms with Gasteiger partial charge in [-0.05, 0) is 38.5 Å². The predicted molar refractivity (Wildman–Crippen MR) is 72.6 cm³/mol. The molecule has 2 aromatic rings. The van der Waals surface area contributed by atoms with Crippen molar-refractivity contribution in [2.45, 2.75) is 39.3 Å². The van der Waals surface area contributed by atoms with E-state index in [0.717, 1.165) is 17.1 Å². The first-order valence-electron chi connectivity index (χ1n) is 5.90. The summed E-state index contributed by atoms with van der Waals surface area (Å²) in [6, 6.07) is 5.91. The fraction of sp³-hybridized carbons (Fsp3) is 0.429. The average molecular weight is 252 g/mol. The molecular weight excluding hydrogens is 234 g/mol. The van der Waals surface area contributed by atoms with Crippen LogP contribution < -0.4 is 0 Å². The zero-order chi connectivity index (χ0) is 12.6. The average Bonchev–Trinajstić information content (AvgIpc) is 2.53. The molecule has 0 aliphatic heterocycles. The summed E-state index contributed by atoms with van der Waals surface area (Å²) in [7, 11) is 0. The first-order valence-corrected chi connectivity index (χ1v) is 6.28. The van der Waals surface area contributed by atoms with E-state index in [4.69, 9.17) is 11.6 Å². The highest BCUT2D eigenvalue weighted by molar-refractivity contribution is 6.31. The van der Waals surface area contributed by atoms with Gasteiger partial charge in [-0.1, -0.05) is 17.7 Å². The molecule has 0 spiro atoms. The summed E-state index contributed by atoms with van der Waals surface area (Å²) in [6.45, 7) is 6.67. The van der Waals surface area contributed by atoms with Crippen molar-refractivity contribution >= 4 is 22.5 Å². The van der Waals surface area contributed by atoms with Gasteiger partial charge < -0.3 is 9.67 Å². The number of hydrogen-bond donors (Lipinski definition) is 1. The Morgan fingerprint density at radius 3 is 2.65 bits per heavy atom. The number of aromatic nitrogens is 1. The Bertz CT molecular complexity index is 537. The van der Waals surface area contributed by atoms with E-state index in [0.29, 0.717) is 6.42 Å². The third kappa shape index (κ3) is 2.64. The lowest BCUT2D eigenvalue weighted by molar-refractivity contribution is 0.0813. The summed E-state index contributed by atoms with van der Waals surface area (Å²) >= 11 is 6.03. The molecule has 0 saturated carbocycles. The fourth-order valence-corrected chi connectivity index (χ4v) is 2.38. The lowest BCUT2D eigenvalue weighted by Gasteiger charge is -2.16. The molecule has 0 radical (unpaired) electrons. The Morgan fingerprint density at radius 2 is 2.06 bits per heavy atom. The normalized spacial score (nSPS) is 12.3. The molecule has 1 N–H and O–H groups in total. The van der Waals surface area contributed by atoms with Crippen molar-refractivity contribution in [3.05, 3.63) is 35.0 Å². The van der Waals surface area contributed by atoms with E-state index in [2.05, 4.69) is 17.7 Å². The van der Waals surface area contributed by atoms with Gasteiger partial charge in [-0.3, -0.25) is 0 Å². The molecule has 0 bridgehead atoms. The van der Waals surface area contributed by atoms with E-state index < -0.39 is 5.60 Å². The molecule has 0 fully saturated rings. The SMILES string of the molecule is CCn1cc(CC(C)(C)O)c2ccc(Cl)cc21. The number of hydrogen-bond acceptors (Lipinski definition) is 1. The van der Waals surface area contributed by atoms with Crippen molar-refractivity contribution in [1.82, 2.24) is 4.57 Å². The van der Waals surface area contributed by atoms with Crippen molar-refractivity contribution in [3.8, 4) is 0 Å². The maximum absolute atomic E-state index is 9.93. The van der Waals surface area contributed by atoms with Gasteiger partial charge in [0, 0.05) is 35.1 Å². The van der Waals surface area contributed by atoms with Crippen LogP contribution in [0.5, 0.6) is 0 Å². The van der Waals surface area contributed by atoms with Gasteiger partial charge in [0.1, 0.15) is 0 Å². The van der Waals surface area contributed by atoms with Crippen LogP contribution >= 0.6 is 11.6 Å². The van der Waals surface area contributed by atoms with E-state index in [1.165, 1.54) is 10.9 Å². The largest absolute Gasteiger partial charge is 0.390 e. The van der Waals surface area contributed by atoms with E-state index in [9.17, 15) is 5.11 Å². The third-order valence-corrected chi connectivity index (χ3v) is 3.13. The molecule has 1 aromatic carbocycles. The van der Waals surface area contributed by atoms with Crippen LogP contribution in [0.15, 0.2) is 24.4 Å². The molecule has 0 saturated heterocycles. The van der Waals surface area contributed by atoms with Crippen LogP contribution in [0.1, 0.15) is 26.3 Å². The van der Waals surface area contributed by atoms with Crippen molar-refractivity contribution in [2.75, 3.05) is 0 Å². The Labute approximate surface area is 107 Å². The lowest BCUT2D eigenvalue weighted by Crippen LogP contribution is -2.21. The van der Waals surface area contributed by atoms with Gasteiger partial charge >= 0.3 is 0 Å². The van der Waals surface area contributed by atoms with Gasteiger partial charge in [-0.25, -0.2) is 0 Å². The Hall–Kier alpha value is -0.990.